The van der Waals surface area contributed by atoms with E-state index in [1.54, 1.807) is 0 Å². The van der Waals surface area contributed by atoms with Gasteiger partial charge in [0.2, 0.25) is 0 Å². The van der Waals surface area contributed by atoms with Gasteiger partial charge >= 0.3 is 5.97 Å². The highest BCUT2D eigenvalue weighted by molar-refractivity contribution is 6.40. The van der Waals surface area contributed by atoms with Crippen LogP contribution in [0.3, 0.4) is 0 Å². The second-order valence-corrected chi connectivity index (χ2v) is 2.14. The average molecular weight is 156 g/mol. The third kappa shape index (κ3) is 1.56. The van der Waals surface area contributed by atoms with Gasteiger partial charge in [0, 0.05) is 7.05 Å². The number of carboxylic acids is 1. The van der Waals surface area contributed by atoms with E-state index in [1.807, 2.05) is 0 Å². The Balaban J connectivity index is 2.80. The summed E-state index contributed by atoms with van der Waals surface area (Å²) in [5.74, 6) is -1.10. The molecule has 0 fully saturated rings. The van der Waals surface area contributed by atoms with Crippen LogP contribution >= 0.6 is 0 Å². The number of hydrazone groups is 1. The Bertz CT molecular complexity index is 234. The average Bonchev–Trinajstić information content (AvgIpc) is 1.94. The van der Waals surface area contributed by atoms with Crippen LogP contribution in [0.4, 0.5) is 0 Å². The van der Waals surface area contributed by atoms with Crippen molar-refractivity contribution in [2.24, 2.45) is 5.10 Å². The summed E-state index contributed by atoms with van der Waals surface area (Å²) in [6, 6.07) is 0. The second kappa shape index (κ2) is 2.71. The maximum atomic E-state index is 10.3. The normalized spacial score (nSPS) is 23.3. The van der Waals surface area contributed by atoms with Crippen molar-refractivity contribution in [3.05, 3.63) is 12.2 Å². The molecule has 0 aliphatic carbocycles. The van der Waals surface area contributed by atoms with Gasteiger partial charge in [-0.2, -0.15) is 5.10 Å². The lowest BCUT2D eigenvalue weighted by atomic mass is 10.3. The molecule has 2 N–H and O–H groups in total. The predicted octanol–water partition coefficient (Wildman–Crippen LogP) is -0.753. The molecule has 60 valence electrons. The highest BCUT2D eigenvalue weighted by Crippen LogP contribution is 2.02. The van der Waals surface area contributed by atoms with Crippen LogP contribution in [0.25, 0.3) is 0 Å². The molecule has 0 radical (unpaired) electrons. The van der Waals surface area contributed by atoms with Crippen molar-refractivity contribution in [2.75, 3.05) is 7.05 Å². The SMILES string of the molecule is CN1N=C(C(=O)O)C=CC1O. The van der Waals surface area contributed by atoms with E-state index in [2.05, 4.69) is 5.10 Å². The monoisotopic (exact) mass is 156 g/mol. The van der Waals surface area contributed by atoms with E-state index in [0.29, 0.717) is 0 Å². The Morgan fingerprint density at radius 2 is 2.45 bits per heavy atom. The maximum Gasteiger partial charge on any atom is 0.356 e. The minimum Gasteiger partial charge on any atom is -0.476 e. The molecule has 0 aromatic heterocycles. The zero-order valence-electron chi connectivity index (χ0n) is 5.93. The first-order chi connectivity index (χ1) is 5.11. The summed E-state index contributed by atoms with van der Waals surface area (Å²) in [5.41, 5.74) is -0.0715. The van der Waals surface area contributed by atoms with Gasteiger partial charge in [0.05, 0.1) is 0 Å². The van der Waals surface area contributed by atoms with Gasteiger partial charge in [0.1, 0.15) is 0 Å². The number of hydrogen-bond acceptors (Lipinski definition) is 4. The lowest BCUT2D eigenvalue weighted by Crippen LogP contribution is -2.31. The molecule has 5 nitrogen and oxygen atoms in total. The van der Waals surface area contributed by atoms with Crippen molar-refractivity contribution >= 4 is 11.7 Å². The van der Waals surface area contributed by atoms with E-state index in [1.165, 1.54) is 24.2 Å². The Hall–Kier alpha value is -1.36. The fourth-order valence-electron chi connectivity index (χ4n) is 0.678. The fraction of sp³-hybridized carbons (Fsp3) is 0.333. The number of carbonyl (C=O) groups is 1. The Morgan fingerprint density at radius 3 is 2.91 bits per heavy atom. The van der Waals surface area contributed by atoms with Crippen molar-refractivity contribution < 1.29 is 15.0 Å². The molecule has 5 heteroatoms. The first-order valence-corrected chi connectivity index (χ1v) is 3.02. The number of carboxylic acid groups (broad SMARTS) is 1. The van der Waals surface area contributed by atoms with Gasteiger partial charge in [-0.3, -0.25) is 5.01 Å². The van der Waals surface area contributed by atoms with Crippen molar-refractivity contribution in [3.63, 3.8) is 0 Å². The molecule has 0 aromatic rings. The van der Waals surface area contributed by atoms with E-state index in [0.717, 1.165) is 0 Å². The zero-order valence-corrected chi connectivity index (χ0v) is 5.93. The van der Waals surface area contributed by atoms with Gasteiger partial charge in [-0.25, -0.2) is 4.79 Å². The topological polar surface area (TPSA) is 73.1 Å². The maximum absolute atomic E-state index is 10.3. The third-order valence-electron chi connectivity index (χ3n) is 1.29. The first-order valence-electron chi connectivity index (χ1n) is 3.02. The fourth-order valence-corrected chi connectivity index (χ4v) is 0.678. The van der Waals surface area contributed by atoms with Crippen LogP contribution in [0, 0.1) is 0 Å². The van der Waals surface area contributed by atoms with E-state index < -0.39 is 12.2 Å². The summed E-state index contributed by atoms with van der Waals surface area (Å²) < 4.78 is 0. The van der Waals surface area contributed by atoms with Crippen LogP contribution in [0.5, 0.6) is 0 Å². The Kier molecular flexibility index (Phi) is 1.91. The van der Waals surface area contributed by atoms with Gasteiger partial charge in [0.25, 0.3) is 0 Å². The number of hydrogen-bond donors (Lipinski definition) is 2. The van der Waals surface area contributed by atoms with E-state index in [4.69, 9.17) is 10.2 Å². The molecule has 1 rings (SSSR count). The second-order valence-electron chi connectivity index (χ2n) is 2.14. The minimum atomic E-state index is -1.10. The summed E-state index contributed by atoms with van der Waals surface area (Å²) in [6.45, 7) is 0. The van der Waals surface area contributed by atoms with E-state index in [-0.39, 0.29) is 5.71 Å². The quantitative estimate of drug-likeness (QED) is 0.523. The number of aliphatic hydroxyl groups excluding tert-OH is 1. The molecular weight excluding hydrogens is 148 g/mol. The summed E-state index contributed by atoms with van der Waals surface area (Å²) in [4.78, 5) is 10.3. The largest absolute Gasteiger partial charge is 0.476 e. The van der Waals surface area contributed by atoms with Crippen LogP contribution in [0.1, 0.15) is 0 Å². The molecule has 11 heavy (non-hydrogen) atoms. The number of nitrogens with zero attached hydrogens (tertiary/aromatic N) is 2. The van der Waals surface area contributed by atoms with Gasteiger partial charge in [-0.05, 0) is 12.2 Å². The molecular formula is C6H8N2O3. The third-order valence-corrected chi connectivity index (χ3v) is 1.29. The minimum absolute atomic E-state index is 0.0715. The summed E-state index contributed by atoms with van der Waals surface area (Å²) in [5, 5.41) is 22.2. The molecule has 1 aliphatic heterocycles. The number of aliphatic carboxylic acids is 1. The smallest absolute Gasteiger partial charge is 0.356 e. The van der Waals surface area contributed by atoms with Crippen molar-refractivity contribution in [1.29, 1.82) is 0 Å². The summed E-state index contributed by atoms with van der Waals surface area (Å²) in [7, 11) is 1.50. The predicted molar refractivity (Wildman–Crippen MR) is 38.0 cm³/mol. The molecule has 0 aromatic carbocycles. The number of likely N-dealkylation sites (N-methyl/N-ethyl adjacent to an activating group) is 1. The highest BCUT2D eigenvalue weighted by atomic mass is 16.4. The summed E-state index contributed by atoms with van der Waals surface area (Å²) >= 11 is 0. The highest BCUT2D eigenvalue weighted by Gasteiger charge is 2.15. The molecule has 0 spiro atoms. The molecule has 1 atom stereocenters. The zero-order chi connectivity index (χ0) is 8.43. The molecule has 0 saturated carbocycles. The number of rotatable bonds is 1. The Morgan fingerprint density at radius 1 is 1.82 bits per heavy atom. The van der Waals surface area contributed by atoms with Gasteiger partial charge < -0.3 is 10.2 Å². The van der Waals surface area contributed by atoms with Gasteiger partial charge in [-0.1, -0.05) is 0 Å². The molecule has 1 aliphatic rings. The van der Waals surface area contributed by atoms with E-state index >= 15 is 0 Å². The molecule has 0 amide bonds. The van der Waals surface area contributed by atoms with Crippen LogP contribution in [0.15, 0.2) is 17.3 Å². The van der Waals surface area contributed by atoms with Crippen LogP contribution in [-0.2, 0) is 4.79 Å². The number of aliphatic hydroxyl groups is 1. The lowest BCUT2D eigenvalue weighted by molar-refractivity contribution is -0.129. The lowest BCUT2D eigenvalue weighted by Gasteiger charge is -2.20. The van der Waals surface area contributed by atoms with Crippen LogP contribution in [0.2, 0.25) is 0 Å². The van der Waals surface area contributed by atoms with Gasteiger partial charge in [-0.15, -0.1) is 0 Å². The standard InChI is InChI=1S/C6H8N2O3/c1-8-5(9)3-2-4(7-8)6(10)11/h2-3,5,9H,1H3,(H,10,11). The molecule has 0 bridgehead atoms. The molecule has 1 unspecified atom stereocenters. The summed E-state index contributed by atoms with van der Waals surface area (Å²) in [6.07, 6.45) is 1.81. The first kappa shape index (κ1) is 7.74. The van der Waals surface area contributed by atoms with Crippen LogP contribution in [-0.4, -0.2) is 40.2 Å². The molecule has 1 heterocycles. The Labute approximate surface area is 63.2 Å². The van der Waals surface area contributed by atoms with Crippen LogP contribution < -0.4 is 0 Å². The van der Waals surface area contributed by atoms with E-state index in [9.17, 15) is 4.79 Å². The van der Waals surface area contributed by atoms with Crippen molar-refractivity contribution in [2.45, 2.75) is 6.23 Å². The van der Waals surface area contributed by atoms with Gasteiger partial charge in [0.15, 0.2) is 11.9 Å². The molecule has 0 saturated heterocycles. The van der Waals surface area contributed by atoms with Crippen molar-refractivity contribution in [1.82, 2.24) is 5.01 Å². The van der Waals surface area contributed by atoms with Crippen molar-refractivity contribution in [3.8, 4) is 0 Å².